The van der Waals surface area contributed by atoms with Crippen molar-refractivity contribution in [3.8, 4) is 5.75 Å². The van der Waals surface area contributed by atoms with Gasteiger partial charge in [0.05, 0.1) is 6.61 Å². The second kappa shape index (κ2) is 16.2. The van der Waals surface area contributed by atoms with Crippen LogP contribution in [0, 0.1) is 0 Å². The molecule has 176 valence electrons. The zero-order chi connectivity index (χ0) is 22.2. The number of hydrogen-bond acceptors (Lipinski definition) is 3. The van der Waals surface area contributed by atoms with Gasteiger partial charge in [0.25, 0.3) is 0 Å². The third kappa shape index (κ3) is 10.6. The van der Waals surface area contributed by atoms with Crippen LogP contribution >= 0.6 is 0 Å². The summed E-state index contributed by atoms with van der Waals surface area (Å²) in [5.74, 6) is 1.26. The van der Waals surface area contributed by atoms with Crippen LogP contribution in [-0.4, -0.2) is 18.7 Å². The van der Waals surface area contributed by atoms with Crippen LogP contribution in [0.15, 0.2) is 24.3 Å². The molecule has 0 saturated heterocycles. The average Bonchev–Trinajstić information content (AvgIpc) is 2.79. The van der Waals surface area contributed by atoms with Crippen molar-refractivity contribution in [3.05, 3.63) is 29.8 Å². The molecule has 0 N–H and O–H groups in total. The lowest BCUT2D eigenvalue weighted by atomic mass is 9.81. The number of rotatable bonds is 16. The van der Waals surface area contributed by atoms with Crippen LogP contribution in [0.2, 0.25) is 0 Å². The van der Waals surface area contributed by atoms with Crippen LogP contribution in [0.25, 0.3) is 0 Å². The standard InChI is InChI=1S/C28H46O3/c1-3-5-7-8-9-10-11-12-13-18-28(29)31-27-17-15-14-16-26(27)24-19-21-25(22-20-24)30-23-6-4-2/h19-22,26-27H,3-18,23H2,1-2H3. The topological polar surface area (TPSA) is 35.5 Å². The molecule has 3 heteroatoms. The first-order chi connectivity index (χ1) is 15.2. The summed E-state index contributed by atoms with van der Waals surface area (Å²) in [6.45, 7) is 5.21. The van der Waals surface area contributed by atoms with Crippen molar-refractivity contribution in [2.24, 2.45) is 0 Å². The van der Waals surface area contributed by atoms with E-state index in [4.69, 9.17) is 9.47 Å². The number of carbonyl (C=O) groups excluding carboxylic acids is 1. The Balaban J connectivity index is 1.68. The Hall–Kier alpha value is -1.51. The highest BCUT2D eigenvalue weighted by Gasteiger charge is 2.29. The van der Waals surface area contributed by atoms with E-state index in [1.165, 1.54) is 56.9 Å². The van der Waals surface area contributed by atoms with Gasteiger partial charge in [0.15, 0.2) is 0 Å². The van der Waals surface area contributed by atoms with Gasteiger partial charge in [-0.3, -0.25) is 4.79 Å². The molecule has 0 bridgehead atoms. The van der Waals surface area contributed by atoms with Crippen molar-refractivity contribution in [3.63, 3.8) is 0 Å². The summed E-state index contributed by atoms with van der Waals surface area (Å²) in [5.41, 5.74) is 1.28. The van der Waals surface area contributed by atoms with Gasteiger partial charge in [-0.1, -0.05) is 90.2 Å². The summed E-state index contributed by atoms with van der Waals surface area (Å²) < 4.78 is 11.8. The van der Waals surface area contributed by atoms with Crippen molar-refractivity contribution < 1.29 is 14.3 Å². The van der Waals surface area contributed by atoms with Gasteiger partial charge < -0.3 is 9.47 Å². The smallest absolute Gasteiger partial charge is 0.306 e. The van der Waals surface area contributed by atoms with E-state index >= 15 is 0 Å². The molecule has 0 radical (unpaired) electrons. The third-order valence-corrected chi connectivity index (χ3v) is 6.54. The summed E-state index contributed by atoms with van der Waals surface area (Å²) in [4.78, 5) is 12.5. The molecule has 1 aliphatic carbocycles. The van der Waals surface area contributed by atoms with Crippen LogP contribution in [0.4, 0.5) is 0 Å². The van der Waals surface area contributed by atoms with Gasteiger partial charge in [0.1, 0.15) is 11.9 Å². The normalized spacial score (nSPS) is 18.6. The molecule has 1 saturated carbocycles. The number of carbonyl (C=O) groups is 1. The minimum Gasteiger partial charge on any atom is -0.494 e. The van der Waals surface area contributed by atoms with Crippen LogP contribution in [0.3, 0.4) is 0 Å². The molecule has 1 fully saturated rings. The lowest BCUT2D eigenvalue weighted by Gasteiger charge is -2.31. The van der Waals surface area contributed by atoms with E-state index in [1.807, 2.05) is 0 Å². The first-order valence-electron chi connectivity index (χ1n) is 13.2. The van der Waals surface area contributed by atoms with Gasteiger partial charge in [0.2, 0.25) is 0 Å². The first-order valence-corrected chi connectivity index (χ1v) is 13.2. The number of hydrogen-bond donors (Lipinski definition) is 0. The Bertz CT molecular complexity index is 580. The average molecular weight is 431 g/mol. The fraction of sp³-hybridized carbons (Fsp3) is 0.750. The van der Waals surface area contributed by atoms with Gasteiger partial charge in [-0.05, 0) is 49.8 Å². The molecular formula is C28H46O3. The molecule has 0 aliphatic heterocycles. The molecule has 0 amide bonds. The van der Waals surface area contributed by atoms with Crippen molar-refractivity contribution in [2.45, 2.75) is 129 Å². The Morgan fingerprint density at radius 1 is 0.806 bits per heavy atom. The molecule has 0 spiro atoms. The molecule has 2 rings (SSSR count). The highest BCUT2D eigenvalue weighted by Crippen LogP contribution is 2.36. The second-order valence-corrected chi connectivity index (χ2v) is 9.27. The first kappa shape index (κ1) is 25.7. The maximum absolute atomic E-state index is 12.5. The molecule has 2 atom stereocenters. The minimum absolute atomic E-state index is 0.000588. The Morgan fingerprint density at radius 3 is 2.10 bits per heavy atom. The fourth-order valence-corrected chi connectivity index (χ4v) is 4.57. The van der Waals surface area contributed by atoms with Crippen molar-refractivity contribution >= 4 is 5.97 Å². The van der Waals surface area contributed by atoms with E-state index in [2.05, 4.69) is 38.1 Å². The summed E-state index contributed by atoms with van der Waals surface area (Å²) in [5, 5.41) is 0. The number of esters is 1. The van der Waals surface area contributed by atoms with E-state index in [-0.39, 0.29) is 12.1 Å². The van der Waals surface area contributed by atoms with Gasteiger partial charge in [0, 0.05) is 12.3 Å². The Morgan fingerprint density at radius 2 is 1.42 bits per heavy atom. The maximum Gasteiger partial charge on any atom is 0.306 e. The van der Waals surface area contributed by atoms with Gasteiger partial charge in [-0.2, -0.15) is 0 Å². The van der Waals surface area contributed by atoms with Crippen LogP contribution in [-0.2, 0) is 9.53 Å². The van der Waals surface area contributed by atoms with Crippen molar-refractivity contribution in [1.82, 2.24) is 0 Å². The second-order valence-electron chi connectivity index (χ2n) is 9.27. The van der Waals surface area contributed by atoms with Crippen LogP contribution in [0.1, 0.15) is 128 Å². The van der Waals surface area contributed by atoms with Crippen LogP contribution < -0.4 is 4.74 Å². The monoisotopic (exact) mass is 430 g/mol. The number of unbranched alkanes of at least 4 members (excludes halogenated alkanes) is 9. The molecular weight excluding hydrogens is 384 g/mol. The summed E-state index contributed by atoms with van der Waals surface area (Å²) in [6, 6.07) is 8.47. The predicted molar refractivity (Wildman–Crippen MR) is 130 cm³/mol. The van der Waals surface area contributed by atoms with Gasteiger partial charge in [-0.15, -0.1) is 0 Å². The predicted octanol–water partition coefficient (Wildman–Crippen LogP) is 8.36. The zero-order valence-electron chi connectivity index (χ0n) is 20.2. The lowest BCUT2D eigenvalue weighted by Crippen LogP contribution is -2.28. The number of ether oxygens (including phenoxy) is 2. The number of benzene rings is 1. The molecule has 1 aliphatic rings. The molecule has 1 aromatic carbocycles. The van der Waals surface area contributed by atoms with Crippen molar-refractivity contribution in [2.75, 3.05) is 6.61 Å². The van der Waals surface area contributed by atoms with E-state index in [9.17, 15) is 4.79 Å². The molecule has 1 aromatic rings. The van der Waals surface area contributed by atoms with E-state index in [0.717, 1.165) is 57.3 Å². The minimum atomic E-state index is -0.000588. The SMILES string of the molecule is CCCCCCCCCCCC(=O)OC1CCCCC1c1ccc(OCCCC)cc1. The quantitative estimate of drug-likeness (QED) is 0.195. The lowest BCUT2D eigenvalue weighted by molar-refractivity contribution is -0.151. The van der Waals surface area contributed by atoms with Gasteiger partial charge >= 0.3 is 5.97 Å². The molecule has 3 nitrogen and oxygen atoms in total. The highest BCUT2D eigenvalue weighted by atomic mass is 16.5. The van der Waals surface area contributed by atoms with Crippen molar-refractivity contribution in [1.29, 1.82) is 0 Å². The summed E-state index contributed by atoms with van der Waals surface area (Å²) >= 11 is 0. The van der Waals surface area contributed by atoms with Gasteiger partial charge in [-0.25, -0.2) is 0 Å². The molecule has 0 aromatic heterocycles. The highest BCUT2D eigenvalue weighted by molar-refractivity contribution is 5.69. The van der Waals surface area contributed by atoms with E-state index in [1.54, 1.807) is 0 Å². The zero-order valence-corrected chi connectivity index (χ0v) is 20.2. The fourth-order valence-electron chi connectivity index (χ4n) is 4.57. The summed E-state index contributed by atoms with van der Waals surface area (Å²) in [6.07, 6.45) is 18.7. The Kier molecular flexibility index (Phi) is 13.4. The largest absolute Gasteiger partial charge is 0.494 e. The molecule has 0 heterocycles. The third-order valence-electron chi connectivity index (χ3n) is 6.54. The van der Waals surface area contributed by atoms with E-state index in [0.29, 0.717) is 12.3 Å². The maximum atomic E-state index is 12.5. The van der Waals surface area contributed by atoms with Crippen LogP contribution in [0.5, 0.6) is 5.75 Å². The van der Waals surface area contributed by atoms with E-state index < -0.39 is 0 Å². The molecule has 2 unspecified atom stereocenters. The Labute approximate surface area is 191 Å². The summed E-state index contributed by atoms with van der Waals surface area (Å²) in [7, 11) is 0. The molecule has 31 heavy (non-hydrogen) atoms.